The normalized spacial score (nSPS) is 15.8. The van der Waals surface area contributed by atoms with E-state index in [4.69, 9.17) is 18.5 Å². The van der Waals surface area contributed by atoms with Gasteiger partial charge < -0.3 is 43.2 Å². The van der Waals surface area contributed by atoms with Gasteiger partial charge in [-0.3, -0.25) is 14.2 Å². The Bertz CT molecular complexity index is 1320. The molecule has 0 spiro atoms. The maximum Gasteiger partial charge on any atom is 0.306 e. The predicted molar refractivity (Wildman–Crippen MR) is 244 cm³/mol. The number of carbonyl (C=O) groups excluding carboxylic acids is 2. The van der Waals surface area contributed by atoms with Gasteiger partial charge in [0.05, 0.1) is 46.1 Å². The third kappa shape index (κ3) is 41.1. The number of quaternary nitrogens is 1. The van der Waals surface area contributed by atoms with E-state index in [1.165, 1.54) is 44.6 Å². The Labute approximate surface area is 369 Å². The molecule has 0 saturated heterocycles. The summed E-state index contributed by atoms with van der Waals surface area (Å²) in [5.41, 5.74) is 0. The topological polar surface area (TPSA) is 172 Å². The van der Waals surface area contributed by atoms with Crippen LogP contribution in [0.15, 0.2) is 72.9 Å². The van der Waals surface area contributed by atoms with Crippen LogP contribution in [0.4, 0.5) is 0 Å². The van der Waals surface area contributed by atoms with Gasteiger partial charge in [0.15, 0.2) is 6.10 Å². The maximum absolute atomic E-state index is 12.7. The van der Waals surface area contributed by atoms with Crippen molar-refractivity contribution in [3.05, 3.63) is 72.9 Å². The van der Waals surface area contributed by atoms with E-state index in [1.807, 2.05) is 21.1 Å². The number of esters is 2. The molecule has 1 unspecified atom stereocenters. The summed E-state index contributed by atoms with van der Waals surface area (Å²) in [7, 11) is 0.933. The Hall–Kier alpha value is -2.67. The minimum absolute atomic E-state index is 0.0936. The highest BCUT2D eigenvalue weighted by atomic mass is 31.2. The molecule has 5 atom stereocenters. The van der Waals surface area contributed by atoms with Crippen LogP contribution in [-0.2, 0) is 32.7 Å². The minimum Gasteiger partial charge on any atom is -0.756 e. The van der Waals surface area contributed by atoms with Gasteiger partial charge in [-0.1, -0.05) is 151 Å². The van der Waals surface area contributed by atoms with Crippen LogP contribution in [0.25, 0.3) is 0 Å². The first-order valence-electron chi connectivity index (χ1n) is 23.0. The van der Waals surface area contributed by atoms with Crippen molar-refractivity contribution in [1.82, 2.24) is 0 Å². The van der Waals surface area contributed by atoms with Crippen molar-refractivity contribution < 1.29 is 57.4 Å². The lowest BCUT2D eigenvalue weighted by atomic mass is 10.1. The lowest BCUT2D eigenvalue weighted by Crippen LogP contribution is -2.37. The number of ether oxygens (including phenoxy) is 2. The van der Waals surface area contributed by atoms with Crippen molar-refractivity contribution in [1.29, 1.82) is 0 Å². The van der Waals surface area contributed by atoms with Gasteiger partial charge in [-0.05, 0) is 57.8 Å². The molecule has 0 radical (unpaired) electrons. The average molecular weight is 882 g/mol. The molecule has 0 rings (SSSR count). The number of aliphatic hydroxyl groups is 3. The van der Waals surface area contributed by atoms with Crippen molar-refractivity contribution in [2.45, 2.75) is 173 Å². The second-order valence-corrected chi connectivity index (χ2v) is 18.0. The zero-order chi connectivity index (χ0) is 45.5. The summed E-state index contributed by atoms with van der Waals surface area (Å²) in [6.45, 7) is 3.67. The summed E-state index contributed by atoms with van der Waals surface area (Å²) < 4.78 is 33.6. The van der Waals surface area contributed by atoms with Gasteiger partial charge in [0.25, 0.3) is 7.82 Å². The number of phosphoric ester groups is 1. The maximum atomic E-state index is 12.7. The second kappa shape index (κ2) is 39.0. The van der Waals surface area contributed by atoms with E-state index in [2.05, 4.69) is 38.2 Å². The highest BCUT2D eigenvalue weighted by Gasteiger charge is 2.22. The van der Waals surface area contributed by atoms with Crippen LogP contribution in [-0.4, -0.2) is 104 Å². The smallest absolute Gasteiger partial charge is 0.306 e. The molecule has 61 heavy (non-hydrogen) atoms. The van der Waals surface area contributed by atoms with E-state index in [0.29, 0.717) is 17.4 Å². The average Bonchev–Trinajstić information content (AvgIpc) is 3.20. The second-order valence-electron chi connectivity index (χ2n) is 16.6. The molecule has 0 saturated carbocycles. The molecule has 0 aliphatic heterocycles. The lowest BCUT2D eigenvalue weighted by Gasteiger charge is -2.28. The fourth-order valence-corrected chi connectivity index (χ4v) is 6.50. The standard InChI is InChI=1S/C48H84NO11P/c1-6-8-10-11-12-13-14-15-16-17-18-19-20-21-22-27-31-37-47(53)57-41-44(42-59-61(55,56)58-40-39-49(3,4)5)60-48(54)38-32-36-46(52)45(51)35-30-26-24-23-25-29-34-43(50)33-28-9-7-2/h12-13,15-16,23-26,29-30,34-35,43-46,50-52H,6-11,14,17-22,27-28,31-33,36-42H2,1-5H3/b13-12-,16-15-,25-23-,26-24+,34-29+,35-30+/t43-,44+,45-,46-/m0/s1. The largest absolute Gasteiger partial charge is 0.756 e. The molecule has 0 aliphatic carbocycles. The van der Waals surface area contributed by atoms with Gasteiger partial charge in [0.2, 0.25) is 0 Å². The van der Waals surface area contributed by atoms with E-state index in [-0.39, 0.29) is 38.9 Å². The summed E-state index contributed by atoms with van der Waals surface area (Å²) in [5, 5.41) is 30.6. The Kier molecular flexibility index (Phi) is 37.3. The molecule has 352 valence electrons. The van der Waals surface area contributed by atoms with Crippen LogP contribution in [0.2, 0.25) is 0 Å². The van der Waals surface area contributed by atoms with Gasteiger partial charge in [0.1, 0.15) is 19.8 Å². The summed E-state index contributed by atoms with van der Waals surface area (Å²) in [6.07, 6.45) is 37.2. The van der Waals surface area contributed by atoms with Crippen LogP contribution in [0.1, 0.15) is 149 Å². The highest BCUT2D eigenvalue weighted by Crippen LogP contribution is 2.38. The fourth-order valence-electron chi connectivity index (χ4n) is 5.77. The summed E-state index contributed by atoms with van der Waals surface area (Å²) in [5.74, 6) is -1.18. The van der Waals surface area contributed by atoms with E-state index in [9.17, 15) is 34.4 Å². The zero-order valence-electron chi connectivity index (χ0n) is 38.4. The number of allylic oxidation sites excluding steroid dienone is 10. The van der Waals surface area contributed by atoms with Gasteiger partial charge in [-0.2, -0.15) is 0 Å². The monoisotopic (exact) mass is 882 g/mol. The van der Waals surface area contributed by atoms with Crippen molar-refractivity contribution in [3.8, 4) is 0 Å². The Morgan fingerprint density at radius 1 is 0.639 bits per heavy atom. The first kappa shape index (κ1) is 58.3. The zero-order valence-corrected chi connectivity index (χ0v) is 39.3. The Balaban J connectivity index is 4.69. The third-order valence-electron chi connectivity index (χ3n) is 9.57. The van der Waals surface area contributed by atoms with Crippen LogP contribution in [0, 0.1) is 0 Å². The minimum atomic E-state index is -4.73. The summed E-state index contributed by atoms with van der Waals surface area (Å²) >= 11 is 0. The lowest BCUT2D eigenvalue weighted by molar-refractivity contribution is -0.870. The number of nitrogens with zero attached hydrogens (tertiary/aromatic N) is 1. The number of hydrogen-bond acceptors (Lipinski definition) is 11. The van der Waals surface area contributed by atoms with E-state index < -0.39 is 50.8 Å². The number of carbonyl (C=O) groups is 2. The van der Waals surface area contributed by atoms with Crippen LogP contribution in [0.5, 0.6) is 0 Å². The summed E-state index contributed by atoms with van der Waals surface area (Å²) in [4.78, 5) is 37.6. The molecule has 3 N–H and O–H groups in total. The molecular weight excluding hydrogens is 797 g/mol. The van der Waals surface area contributed by atoms with Crippen molar-refractivity contribution >= 4 is 19.8 Å². The van der Waals surface area contributed by atoms with Crippen LogP contribution >= 0.6 is 7.82 Å². The highest BCUT2D eigenvalue weighted by molar-refractivity contribution is 7.45. The SMILES string of the molecule is CCCCC/C=C\C/C=C\CCCCCCCCCC(=O)OC[C@H](COP(=O)([O-])OCC[N+](C)(C)C)OC(=O)CCC[C@H](O)[C@@H](O)/C=C/C=C/C=C\C=C\[C@@H](O)CCCCC. The number of hydrogen-bond donors (Lipinski definition) is 3. The molecule has 0 amide bonds. The molecule has 0 aromatic carbocycles. The molecule has 0 aromatic rings. The molecular formula is C48H84NO11P. The molecule has 12 nitrogen and oxygen atoms in total. The number of rotatable bonds is 40. The van der Waals surface area contributed by atoms with E-state index in [1.54, 1.807) is 42.5 Å². The van der Waals surface area contributed by atoms with Gasteiger partial charge in [0, 0.05) is 12.8 Å². The van der Waals surface area contributed by atoms with Crippen molar-refractivity contribution in [2.24, 2.45) is 0 Å². The quantitative estimate of drug-likeness (QED) is 0.0134. The van der Waals surface area contributed by atoms with Crippen LogP contribution < -0.4 is 4.89 Å². The van der Waals surface area contributed by atoms with Gasteiger partial charge >= 0.3 is 11.9 Å². The summed E-state index contributed by atoms with van der Waals surface area (Å²) in [6, 6.07) is 0. The van der Waals surface area contributed by atoms with Crippen LogP contribution in [0.3, 0.4) is 0 Å². The number of likely N-dealkylation sites (N-methyl/N-ethyl adjacent to an activating group) is 1. The first-order valence-corrected chi connectivity index (χ1v) is 24.4. The van der Waals surface area contributed by atoms with Gasteiger partial charge in [-0.25, -0.2) is 0 Å². The Morgan fingerprint density at radius 2 is 1.20 bits per heavy atom. The predicted octanol–water partition coefficient (Wildman–Crippen LogP) is 9.30. The number of aliphatic hydroxyl groups excluding tert-OH is 3. The molecule has 0 fully saturated rings. The Morgan fingerprint density at radius 3 is 1.84 bits per heavy atom. The van der Waals surface area contributed by atoms with E-state index in [0.717, 1.165) is 64.2 Å². The fraction of sp³-hybridized carbons (Fsp3) is 0.708. The van der Waals surface area contributed by atoms with E-state index >= 15 is 0 Å². The molecule has 0 heterocycles. The number of phosphoric acid groups is 1. The van der Waals surface area contributed by atoms with Gasteiger partial charge in [-0.15, -0.1) is 0 Å². The molecule has 0 aliphatic rings. The molecule has 0 aromatic heterocycles. The third-order valence-corrected chi connectivity index (χ3v) is 10.5. The molecule has 0 bridgehead atoms. The number of unbranched alkanes of at least 4 members (excludes halogenated alkanes) is 12. The van der Waals surface area contributed by atoms with Crippen molar-refractivity contribution in [3.63, 3.8) is 0 Å². The van der Waals surface area contributed by atoms with Crippen molar-refractivity contribution in [2.75, 3.05) is 47.5 Å². The first-order chi connectivity index (χ1) is 29.2. The molecule has 13 heteroatoms.